The molecule has 33 heavy (non-hydrogen) atoms. The van der Waals surface area contributed by atoms with E-state index in [9.17, 15) is 9.59 Å². The summed E-state index contributed by atoms with van der Waals surface area (Å²) in [7, 11) is 0. The number of aryl methyl sites for hydroxylation is 1. The molecule has 7 nitrogen and oxygen atoms in total. The molecule has 0 spiro atoms. The number of hydrogen-bond acceptors (Lipinski definition) is 5. The lowest BCUT2D eigenvalue weighted by atomic mass is 9.82. The van der Waals surface area contributed by atoms with E-state index in [2.05, 4.69) is 4.98 Å². The van der Waals surface area contributed by atoms with Crippen LogP contribution in [0.4, 0.5) is 0 Å². The van der Waals surface area contributed by atoms with Crippen molar-refractivity contribution in [3.8, 4) is 22.4 Å². The van der Waals surface area contributed by atoms with E-state index in [4.69, 9.17) is 14.9 Å². The van der Waals surface area contributed by atoms with Gasteiger partial charge in [0, 0.05) is 35.6 Å². The monoisotopic (exact) mass is 447 g/mol. The van der Waals surface area contributed by atoms with Gasteiger partial charge in [0.1, 0.15) is 12.3 Å². The van der Waals surface area contributed by atoms with Crippen molar-refractivity contribution in [2.75, 3.05) is 13.2 Å². The SMILES string of the molecule is Cc1ccc(-c2nn(C[C@H]3CC[C@@H](COCC(=O)O)CC3)c(=O)cc2-c2ccccc2)cn1. The highest BCUT2D eigenvalue weighted by molar-refractivity contribution is 5.79. The van der Waals surface area contributed by atoms with Gasteiger partial charge in [-0.05, 0) is 62.1 Å². The number of aromatic nitrogens is 3. The Morgan fingerprint density at radius 2 is 1.79 bits per heavy atom. The number of nitrogens with zero attached hydrogens (tertiary/aromatic N) is 3. The zero-order valence-electron chi connectivity index (χ0n) is 18.8. The Balaban J connectivity index is 1.54. The van der Waals surface area contributed by atoms with Crippen molar-refractivity contribution in [1.29, 1.82) is 0 Å². The van der Waals surface area contributed by atoms with Crippen molar-refractivity contribution in [2.24, 2.45) is 11.8 Å². The van der Waals surface area contributed by atoms with E-state index in [1.165, 1.54) is 0 Å². The molecule has 2 heterocycles. The molecule has 172 valence electrons. The van der Waals surface area contributed by atoms with E-state index in [-0.39, 0.29) is 12.2 Å². The largest absolute Gasteiger partial charge is 0.480 e. The molecule has 0 unspecified atom stereocenters. The Morgan fingerprint density at radius 1 is 1.06 bits per heavy atom. The first-order valence-electron chi connectivity index (χ1n) is 11.4. The van der Waals surface area contributed by atoms with Gasteiger partial charge in [0.15, 0.2) is 0 Å². The van der Waals surface area contributed by atoms with E-state index in [1.807, 2.05) is 49.4 Å². The van der Waals surface area contributed by atoms with Gasteiger partial charge in [0.05, 0.1) is 6.61 Å². The van der Waals surface area contributed by atoms with Crippen molar-refractivity contribution in [3.05, 3.63) is 70.8 Å². The molecule has 4 rings (SSSR count). The van der Waals surface area contributed by atoms with Crippen LogP contribution < -0.4 is 5.56 Å². The Morgan fingerprint density at radius 3 is 2.45 bits per heavy atom. The molecule has 0 radical (unpaired) electrons. The van der Waals surface area contributed by atoms with Gasteiger partial charge in [-0.15, -0.1) is 0 Å². The molecular weight excluding hydrogens is 418 g/mol. The summed E-state index contributed by atoms with van der Waals surface area (Å²) in [5.41, 5.74) is 4.21. The Bertz CT molecular complexity index is 1130. The van der Waals surface area contributed by atoms with Gasteiger partial charge in [-0.25, -0.2) is 9.48 Å². The van der Waals surface area contributed by atoms with Crippen LogP contribution in [0.3, 0.4) is 0 Å². The van der Waals surface area contributed by atoms with Crippen LogP contribution in [0.2, 0.25) is 0 Å². The van der Waals surface area contributed by atoms with Crippen LogP contribution in [-0.2, 0) is 16.1 Å². The molecular formula is C26H29N3O4. The molecule has 0 aliphatic heterocycles. The van der Waals surface area contributed by atoms with Gasteiger partial charge in [0.25, 0.3) is 5.56 Å². The lowest BCUT2D eigenvalue weighted by Gasteiger charge is -2.28. The van der Waals surface area contributed by atoms with Crippen molar-refractivity contribution in [3.63, 3.8) is 0 Å². The molecule has 1 N–H and O–H groups in total. The van der Waals surface area contributed by atoms with Crippen LogP contribution in [0.25, 0.3) is 22.4 Å². The minimum Gasteiger partial charge on any atom is -0.480 e. The molecule has 0 atom stereocenters. The molecule has 0 saturated heterocycles. The Labute approximate surface area is 193 Å². The summed E-state index contributed by atoms with van der Waals surface area (Å²) < 4.78 is 6.85. The van der Waals surface area contributed by atoms with E-state index in [0.29, 0.717) is 25.0 Å². The van der Waals surface area contributed by atoms with Gasteiger partial charge in [-0.3, -0.25) is 9.78 Å². The van der Waals surface area contributed by atoms with Crippen LogP contribution >= 0.6 is 0 Å². The Kier molecular flexibility index (Phi) is 7.29. The fraction of sp³-hybridized carbons (Fsp3) is 0.385. The molecule has 7 heteroatoms. The van der Waals surface area contributed by atoms with Crippen LogP contribution in [-0.4, -0.2) is 39.1 Å². The second kappa shape index (κ2) is 10.5. The third-order valence-electron chi connectivity index (χ3n) is 6.24. The first kappa shape index (κ1) is 22.9. The van der Waals surface area contributed by atoms with E-state index < -0.39 is 5.97 Å². The van der Waals surface area contributed by atoms with Crippen LogP contribution in [0, 0.1) is 18.8 Å². The fourth-order valence-corrected chi connectivity index (χ4v) is 4.42. The summed E-state index contributed by atoms with van der Waals surface area (Å²) in [5, 5.41) is 13.5. The third-order valence-corrected chi connectivity index (χ3v) is 6.24. The summed E-state index contributed by atoms with van der Waals surface area (Å²) >= 11 is 0. The maximum atomic E-state index is 13.0. The summed E-state index contributed by atoms with van der Waals surface area (Å²) in [4.78, 5) is 28.1. The molecule has 0 amide bonds. The minimum atomic E-state index is -0.937. The molecule has 3 aromatic rings. The number of carboxylic acid groups (broad SMARTS) is 1. The molecule has 2 aromatic heterocycles. The lowest BCUT2D eigenvalue weighted by Crippen LogP contribution is -2.29. The standard InChI is InChI=1S/C26H29N3O4/c1-18-7-12-22(14-27-18)26-23(21-5-3-2-4-6-21)13-24(30)29(28-26)15-19-8-10-20(11-9-19)16-33-17-25(31)32/h2-7,12-14,19-20H,8-11,15-17H2,1H3,(H,31,32)/t19-,20+. The van der Waals surface area contributed by atoms with Gasteiger partial charge < -0.3 is 9.84 Å². The molecule has 1 aliphatic rings. The maximum absolute atomic E-state index is 13.0. The van der Waals surface area contributed by atoms with E-state index >= 15 is 0 Å². The maximum Gasteiger partial charge on any atom is 0.329 e. The second-order valence-corrected chi connectivity index (χ2v) is 8.78. The van der Waals surface area contributed by atoms with E-state index in [1.54, 1.807) is 16.9 Å². The number of ether oxygens (including phenoxy) is 1. The average molecular weight is 448 g/mol. The topological polar surface area (TPSA) is 94.3 Å². The molecule has 0 bridgehead atoms. The number of aliphatic carboxylic acids is 1. The molecule has 1 saturated carbocycles. The fourth-order valence-electron chi connectivity index (χ4n) is 4.42. The average Bonchev–Trinajstić information content (AvgIpc) is 2.82. The number of rotatable bonds is 8. The number of carbonyl (C=O) groups is 1. The molecule has 1 fully saturated rings. The van der Waals surface area contributed by atoms with Gasteiger partial charge in [-0.2, -0.15) is 5.10 Å². The zero-order chi connectivity index (χ0) is 23.2. The summed E-state index contributed by atoms with van der Waals surface area (Å²) in [6.07, 6.45) is 5.68. The van der Waals surface area contributed by atoms with Crippen LogP contribution in [0.5, 0.6) is 0 Å². The van der Waals surface area contributed by atoms with Crippen molar-refractivity contribution in [1.82, 2.24) is 14.8 Å². The van der Waals surface area contributed by atoms with Gasteiger partial charge in [-0.1, -0.05) is 30.3 Å². The minimum absolute atomic E-state index is 0.107. The van der Waals surface area contributed by atoms with Crippen molar-refractivity contribution in [2.45, 2.75) is 39.2 Å². The first-order chi connectivity index (χ1) is 16.0. The van der Waals surface area contributed by atoms with Crippen molar-refractivity contribution < 1.29 is 14.6 Å². The number of pyridine rings is 1. The number of hydrogen-bond donors (Lipinski definition) is 1. The number of carboxylic acids is 1. The quantitative estimate of drug-likeness (QED) is 0.556. The second-order valence-electron chi connectivity index (χ2n) is 8.78. The highest BCUT2D eigenvalue weighted by atomic mass is 16.5. The smallest absolute Gasteiger partial charge is 0.329 e. The van der Waals surface area contributed by atoms with Gasteiger partial charge >= 0.3 is 5.97 Å². The van der Waals surface area contributed by atoms with Crippen LogP contribution in [0.1, 0.15) is 31.4 Å². The highest BCUT2D eigenvalue weighted by Crippen LogP contribution is 2.31. The highest BCUT2D eigenvalue weighted by Gasteiger charge is 2.23. The van der Waals surface area contributed by atoms with Gasteiger partial charge in [0.2, 0.25) is 0 Å². The zero-order valence-corrected chi connectivity index (χ0v) is 18.8. The third kappa shape index (κ3) is 5.93. The first-order valence-corrected chi connectivity index (χ1v) is 11.4. The summed E-state index contributed by atoms with van der Waals surface area (Å²) in [6.45, 7) is 2.75. The predicted octanol–water partition coefficient (Wildman–Crippen LogP) is 4.19. The number of benzene rings is 1. The molecule has 1 aliphatic carbocycles. The predicted molar refractivity (Wildman–Crippen MR) is 126 cm³/mol. The van der Waals surface area contributed by atoms with E-state index in [0.717, 1.165) is 53.8 Å². The Hall–Kier alpha value is -3.32. The van der Waals surface area contributed by atoms with Crippen molar-refractivity contribution >= 4 is 5.97 Å². The summed E-state index contributed by atoms with van der Waals surface area (Å²) in [6, 6.07) is 15.5. The van der Waals surface area contributed by atoms with Crippen LogP contribution in [0.15, 0.2) is 59.5 Å². The normalized spacial score (nSPS) is 18.2. The molecule has 1 aromatic carbocycles. The lowest BCUT2D eigenvalue weighted by molar-refractivity contribution is -0.142. The summed E-state index contributed by atoms with van der Waals surface area (Å²) in [5.74, 6) is -0.204.